The minimum absolute atomic E-state index is 0.0460. The van der Waals surface area contributed by atoms with E-state index in [2.05, 4.69) is 5.32 Å². The van der Waals surface area contributed by atoms with Crippen LogP contribution in [-0.4, -0.2) is 60.8 Å². The maximum Gasteiger partial charge on any atom is 0.329 e. The number of rotatable bonds is 5. The summed E-state index contributed by atoms with van der Waals surface area (Å²) in [5.74, 6) is -1.02. The van der Waals surface area contributed by atoms with E-state index in [0.717, 1.165) is 0 Å². The van der Waals surface area contributed by atoms with Crippen LogP contribution in [0.1, 0.15) is 6.92 Å². The minimum atomic E-state index is -0.971. The van der Waals surface area contributed by atoms with Crippen LogP contribution in [0.3, 0.4) is 0 Å². The lowest BCUT2D eigenvalue weighted by Crippen LogP contribution is -2.63. The summed E-state index contributed by atoms with van der Waals surface area (Å²) in [5.41, 5.74) is -0.424. The van der Waals surface area contributed by atoms with Crippen molar-refractivity contribution in [1.82, 2.24) is 10.2 Å². The number of carbonyl (C=O) groups is 2. The molecule has 0 atom stereocenters. The van der Waals surface area contributed by atoms with Crippen molar-refractivity contribution in [3.63, 3.8) is 0 Å². The Morgan fingerprint density at radius 2 is 2.13 bits per heavy atom. The highest BCUT2D eigenvalue weighted by atomic mass is 16.5. The van der Waals surface area contributed by atoms with Gasteiger partial charge in [-0.1, -0.05) is 0 Å². The Morgan fingerprint density at radius 1 is 1.53 bits per heavy atom. The van der Waals surface area contributed by atoms with Crippen LogP contribution in [0.2, 0.25) is 0 Å². The summed E-state index contributed by atoms with van der Waals surface area (Å²) in [6, 6.07) is 0. The van der Waals surface area contributed by atoms with Gasteiger partial charge in [0.05, 0.1) is 12.1 Å². The largest absolute Gasteiger partial charge is 0.480 e. The lowest BCUT2D eigenvalue weighted by molar-refractivity contribution is -0.166. The normalized spacial score (nSPS) is 19.3. The molecule has 0 unspecified atom stereocenters. The molecule has 0 radical (unpaired) electrons. The van der Waals surface area contributed by atoms with E-state index in [0.29, 0.717) is 19.6 Å². The average Bonchev–Trinajstić information content (AvgIpc) is 2.12. The number of likely N-dealkylation sites (N-methyl/N-ethyl adjacent to an activating group) is 1. The van der Waals surface area contributed by atoms with Crippen LogP contribution in [0, 0.1) is 0 Å². The van der Waals surface area contributed by atoms with Crippen LogP contribution < -0.4 is 5.32 Å². The van der Waals surface area contributed by atoms with Gasteiger partial charge in [-0.25, -0.2) is 4.79 Å². The summed E-state index contributed by atoms with van der Waals surface area (Å²) in [6.45, 7) is 3.07. The first-order valence-electron chi connectivity index (χ1n) is 4.74. The van der Waals surface area contributed by atoms with Gasteiger partial charge < -0.3 is 15.2 Å². The average molecular weight is 216 g/mol. The highest BCUT2D eigenvalue weighted by Crippen LogP contribution is 2.23. The van der Waals surface area contributed by atoms with Gasteiger partial charge in [0.15, 0.2) is 0 Å². The number of ether oxygens (including phenoxy) is 1. The van der Waals surface area contributed by atoms with E-state index in [1.54, 1.807) is 7.05 Å². The van der Waals surface area contributed by atoms with Gasteiger partial charge in [-0.15, -0.1) is 0 Å². The summed E-state index contributed by atoms with van der Waals surface area (Å²) >= 11 is 0. The third-order valence-corrected chi connectivity index (χ3v) is 2.31. The molecule has 1 rings (SSSR count). The van der Waals surface area contributed by atoms with Crippen LogP contribution in [0.5, 0.6) is 0 Å². The standard InChI is InChI=1S/C9H16N2O4/c1-9(15-4-8(13)14)5-11(6-9)3-7(12)10-2/h3-6H2,1-2H3,(H,10,12)(H,13,14). The Bertz CT molecular complexity index is 261. The van der Waals surface area contributed by atoms with Gasteiger partial charge in [0.1, 0.15) is 6.61 Å². The number of carbonyl (C=O) groups excluding carboxylic acids is 1. The molecule has 6 heteroatoms. The van der Waals surface area contributed by atoms with Gasteiger partial charge in [0, 0.05) is 20.1 Å². The lowest BCUT2D eigenvalue weighted by Gasteiger charge is -2.46. The van der Waals surface area contributed by atoms with E-state index in [9.17, 15) is 9.59 Å². The lowest BCUT2D eigenvalue weighted by atomic mass is 9.96. The Kier molecular flexibility index (Phi) is 3.65. The van der Waals surface area contributed by atoms with Gasteiger partial charge in [-0.3, -0.25) is 9.69 Å². The molecule has 0 aliphatic carbocycles. The van der Waals surface area contributed by atoms with E-state index in [1.165, 1.54) is 0 Å². The molecule has 1 saturated heterocycles. The quantitative estimate of drug-likeness (QED) is 0.610. The van der Waals surface area contributed by atoms with Crippen LogP contribution in [0.4, 0.5) is 0 Å². The number of amides is 1. The van der Waals surface area contributed by atoms with E-state index < -0.39 is 11.6 Å². The van der Waals surface area contributed by atoms with Crippen molar-refractivity contribution < 1.29 is 19.4 Å². The van der Waals surface area contributed by atoms with Gasteiger partial charge in [-0.05, 0) is 6.92 Å². The van der Waals surface area contributed by atoms with Crippen LogP contribution in [-0.2, 0) is 14.3 Å². The number of hydrogen-bond donors (Lipinski definition) is 2. The van der Waals surface area contributed by atoms with Gasteiger partial charge in [0.25, 0.3) is 0 Å². The number of carboxylic acids is 1. The molecular formula is C9H16N2O4. The van der Waals surface area contributed by atoms with E-state index in [-0.39, 0.29) is 12.5 Å². The van der Waals surface area contributed by atoms with Crippen molar-refractivity contribution in [2.24, 2.45) is 0 Å². The highest BCUT2D eigenvalue weighted by molar-refractivity contribution is 5.77. The molecule has 0 aromatic carbocycles. The molecule has 1 aliphatic rings. The SMILES string of the molecule is CNC(=O)CN1CC(C)(OCC(=O)O)C1. The third-order valence-electron chi connectivity index (χ3n) is 2.31. The smallest absolute Gasteiger partial charge is 0.329 e. The Morgan fingerprint density at radius 3 is 2.60 bits per heavy atom. The second kappa shape index (κ2) is 4.59. The third kappa shape index (κ3) is 3.49. The monoisotopic (exact) mass is 216 g/mol. The fourth-order valence-electron chi connectivity index (χ4n) is 1.62. The topological polar surface area (TPSA) is 78.9 Å². The van der Waals surface area contributed by atoms with Crippen molar-refractivity contribution >= 4 is 11.9 Å². The zero-order valence-electron chi connectivity index (χ0n) is 8.95. The van der Waals surface area contributed by atoms with Crippen LogP contribution in [0.15, 0.2) is 0 Å². The zero-order valence-corrected chi connectivity index (χ0v) is 8.95. The number of aliphatic carboxylic acids is 1. The second-order valence-electron chi connectivity index (χ2n) is 3.95. The number of likely N-dealkylation sites (tertiary alicyclic amines) is 1. The van der Waals surface area contributed by atoms with E-state index in [4.69, 9.17) is 9.84 Å². The molecule has 0 aromatic rings. The van der Waals surface area contributed by atoms with Crippen molar-refractivity contribution in [3.8, 4) is 0 Å². The fourth-order valence-corrected chi connectivity index (χ4v) is 1.62. The molecule has 6 nitrogen and oxygen atoms in total. The first-order chi connectivity index (χ1) is 6.95. The number of carboxylic acid groups (broad SMARTS) is 1. The summed E-state index contributed by atoms with van der Waals surface area (Å²) in [6.07, 6.45) is 0. The van der Waals surface area contributed by atoms with Crippen molar-refractivity contribution in [3.05, 3.63) is 0 Å². The molecule has 15 heavy (non-hydrogen) atoms. The van der Waals surface area contributed by atoms with E-state index in [1.807, 2.05) is 11.8 Å². The number of nitrogens with zero attached hydrogens (tertiary/aromatic N) is 1. The molecule has 1 aliphatic heterocycles. The molecular weight excluding hydrogens is 200 g/mol. The van der Waals surface area contributed by atoms with Gasteiger partial charge in [0.2, 0.25) is 5.91 Å². The van der Waals surface area contributed by atoms with Gasteiger partial charge in [-0.2, -0.15) is 0 Å². The Hall–Kier alpha value is -1.14. The first-order valence-corrected chi connectivity index (χ1v) is 4.74. The maximum absolute atomic E-state index is 11.0. The maximum atomic E-state index is 11.0. The Labute approximate surface area is 88.2 Å². The molecule has 1 fully saturated rings. The van der Waals surface area contributed by atoms with Crippen LogP contribution in [0.25, 0.3) is 0 Å². The molecule has 1 heterocycles. The second-order valence-corrected chi connectivity index (χ2v) is 3.95. The number of nitrogens with one attached hydrogen (secondary N) is 1. The van der Waals surface area contributed by atoms with Crippen molar-refractivity contribution in [2.75, 3.05) is 33.3 Å². The first kappa shape index (κ1) is 11.9. The number of hydrogen-bond acceptors (Lipinski definition) is 4. The molecule has 0 bridgehead atoms. The summed E-state index contributed by atoms with van der Waals surface area (Å²) < 4.78 is 5.20. The van der Waals surface area contributed by atoms with Crippen molar-refractivity contribution in [2.45, 2.75) is 12.5 Å². The van der Waals surface area contributed by atoms with E-state index >= 15 is 0 Å². The molecule has 0 saturated carbocycles. The fraction of sp³-hybridized carbons (Fsp3) is 0.778. The summed E-state index contributed by atoms with van der Waals surface area (Å²) in [5, 5.41) is 11.0. The Balaban J connectivity index is 2.22. The molecule has 0 spiro atoms. The molecule has 1 amide bonds. The molecule has 0 aromatic heterocycles. The summed E-state index contributed by atoms with van der Waals surface area (Å²) in [4.78, 5) is 23.2. The van der Waals surface area contributed by atoms with Crippen molar-refractivity contribution in [1.29, 1.82) is 0 Å². The highest BCUT2D eigenvalue weighted by Gasteiger charge is 2.40. The van der Waals surface area contributed by atoms with Crippen LogP contribution >= 0.6 is 0 Å². The minimum Gasteiger partial charge on any atom is -0.480 e. The molecule has 2 N–H and O–H groups in total. The summed E-state index contributed by atoms with van der Waals surface area (Å²) in [7, 11) is 1.59. The zero-order chi connectivity index (χ0) is 11.5. The molecule has 86 valence electrons. The predicted octanol–water partition coefficient (Wildman–Crippen LogP) is -1.09. The van der Waals surface area contributed by atoms with Gasteiger partial charge >= 0.3 is 5.97 Å². The predicted molar refractivity (Wildman–Crippen MR) is 52.5 cm³/mol.